The van der Waals surface area contributed by atoms with Crippen molar-refractivity contribution < 1.29 is 14.4 Å². The zero-order chi connectivity index (χ0) is 18.2. The van der Waals surface area contributed by atoms with E-state index in [1.165, 1.54) is 0 Å². The lowest BCUT2D eigenvalue weighted by molar-refractivity contribution is -0.139. The summed E-state index contributed by atoms with van der Waals surface area (Å²) in [6, 6.07) is 7.50. The molecule has 0 unspecified atom stereocenters. The molecular weight excluding hydrogens is 318 g/mol. The van der Waals surface area contributed by atoms with E-state index in [0.717, 1.165) is 18.4 Å². The zero-order valence-corrected chi connectivity index (χ0v) is 14.5. The maximum absolute atomic E-state index is 13.1. The van der Waals surface area contributed by atoms with Gasteiger partial charge >= 0.3 is 0 Å². The molecule has 0 radical (unpaired) electrons. The molecule has 1 aromatic rings. The normalized spacial score (nSPS) is 22.0. The Hall–Kier alpha value is -2.63. The number of hydrogen-bond donors (Lipinski definition) is 3. The van der Waals surface area contributed by atoms with E-state index in [4.69, 9.17) is 5.73 Å². The van der Waals surface area contributed by atoms with Gasteiger partial charge in [-0.15, -0.1) is 0 Å². The summed E-state index contributed by atoms with van der Waals surface area (Å²) in [4.78, 5) is 37.5. The lowest BCUT2D eigenvalue weighted by Crippen LogP contribution is -2.54. The number of anilines is 1. The molecule has 6 heteroatoms. The highest BCUT2D eigenvalue weighted by molar-refractivity contribution is 6.11. The molecule has 1 spiro atoms. The van der Waals surface area contributed by atoms with Gasteiger partial charge in [0.25, 0.3) is 5.91 Å². The number of allylic oxidation sites excluding steroid dienone is 1. The highest BCUT2D eigenvalue weighted by Crippen LogP contribution is 2.52. The fourth-order valence-corrected chi connectivity index (χ4v) is 4.33. The molecule has 4 N–H and O–H groups in total. The molecule has 1 saturated carbocycles. The average molecular weight is 341 g/mol. The molecule has 0 aromatic heterocycles. The van der Waals surface area contributed by atoms with Gasteiger partial charge in [-0.1, -0.05) is 31.0 Å². The van der Waals surface area contributed by atoms with Crippen molar-refractivity contribution in [2.75, 3.05) is 5.32 Å². The number of hydrogen-bond acceptors (Lipinski definition) is 3. The third-order valence-corrected chi connectivity index (χ3v) is 5.40. The maximum Gasteiger partial charge on any atom is 0.253 e. The molecule has 1 fully saturated rings. The minimum atomic E-state index is -1.00. The number of rotatable bonds is 3. The highest BCUT2D eigenvalue weighted by atomic mass is 16.2. The van der Waals surface area contributed by atoms with E-state index in [1.54, 1.807) is 6.92 Å². The lowest BCUT2D eigenvalue weighted by atomic mass is 9.65. The molecule has 6 nitrogen and oxygen atoms in total. The van der Waals surface area contributed by atoms with Crippen molar-refractivity contribution in [3.63, 3.8) is 0 Å². The van der Waals surface area contributed by atoms with E-state index in [9.17, 15) is 14.4 Å². The van der Waals surface area contributed by atoms with Crippen molar-refractivity contribution in [3.05, 3.63) is 41.1 Å². The topological polar surface area (TPSA) is 101 Å². The number of carbonyl (C=O) groups is 3. The molecule has 0 saturated heterocycles. The van der Waals surface area contributed by atoms with Crippen LogP contribution < -0.4 is 16.4 Å². The van der Waals surface area contributed by atoms with Crippen LogP contribution in [0, 0.1) is 18.3 Å². The van der Waals surface area contributed by atoms with Crippen LogP contribution in [0.15, 0.2) is 35.5 Å². The standard InChI is InChI=1S/C19H23N3O3/c1-11-7-3-4-8-13(11)22-17(24)14-12(2)21-18(25)15(16(20)23)19(14)9-5-6-10-19/h3-4,7-8,15H,5-6,9-10H2,1-2H3,(H2,20,23)(H,21,25)(H,22,24)/t15-/m1/s1. The van der Waals surface area contributed by atoms with Gasteiger partial charge in [0.15, 0.2) is 0 Å². The Morgan fingerprint density at radius 3 is 2.44 bits per heavy atom. The van der Waals surface area contributed by atoms with Crippen molar-refractivity contribution in [3.8, 4) is 0 Å². The van der Waals surface area contributed by atoms with Gasteiger partial charge < -0.3 is 16.4 Å². The first-order valence-corrected chi connectivity index (χ1v) is 8.55. The van der Waals surface area contributed by atoms with Gasteiger partial charge in [0.05, 0.1) is 0 Å². The van der Waals surface area contributed by atoms with Crippen LogP contribution in [0.4, 0.5) is 5.69 Å². The molecule has 1 atom stereocenters. The van der Waals surface area contributed by atoms with E-state index in [1.807, 2.05) is 31.2 Å². The number of benzene rings is 1. The summed E-state index contributed by atoms with van der Waals surface area (Å²) in [5.41, 5.74) is 7.40. The second kappa shape index (κ2) is 6.35. The van der Waals surface area contributed by atoms with Crippen LogP contribution in [-0.2, 0) is 14.4 Å². The van der Waals surface area contributed by atoms with Gasteiger partial charge in [-0.25, -0.2) is 0 Å². The Morgan fingerprint density at radius 2 is 1.84 bits per heavy atom. The van der Waals surface area contributed by atoms with Crippen LogP contribution in [0.25, 0.3) is 0 Å². The van der Waals surface area contributed by atoms with Crippen LogP contribution in [0.3, 0.4) is 0 Å². The predicted molar refractivity (Wildman–Crippen MR) is 94.2 cm³/mol. The second-order valence-corrected chi connectivity index (χ2v) is 6.96. The quantitative estimate of drug-likeness (QED) is 0.733. The fraction of sp³-hybridized carbons (Fsp3) is 0.421. The molecule has 3 amide bonds. The molecular formula is C19H23N3O3. The summed E-state index contributed by atoms with van der Waals surface area (Å²) in [5, 5.41) is 5.61. The van der Waals surface area contributed by atoms with Crippen molar-refractivity contribution in [2.24, 2.45) is 17.1 Å². The largest absolute Gasteiger partial charge is 0.369 e. The van der Waals surface area contributed by atoms with Gasteiger partial charge in [0, 0.05) is 22.4 Å². The number of aryl methyl sites for hydroxylation is 1. The minimum absolute atomic E-state index is 0.278. The molecule has 1 aliphatic heterocycles. The molecule has 132 valence electrons. The lowest BCUT2D eigenvalue weighted by Gasteiger charge is -2.41. The Labute approximate surface area is 146 Å². The van der Waals surface area contributed by atoms with E-state index >= 15 is 0 Å². The molecule has 2 aliphatic rings. The summed E-state index contributed by atoms with van der Waals surface area (Å²) in [6.07, 6.45) is 2.96. The van der Waals surface area contributed by atoms with Crippen LogP contribution in [0.1, 0.15) is 38.2 Å². The first-order valence-electron chi connectivity index (χ1n) is 8.55. The van der Waals surface area contributed by atoms with E-state index in [2.05, 4.69) is 10.6 Å². The Balaban J connectivity index is 2.04. The average Bonchev–Trinajstić information content (AvgIpc) is 2.97. The zero-order valence-electron chi connectivity index (χ0n) is 14.5. The SMILES string of the molecule is CC1=C(C(=O)Nc2ccccc2C)C2(CCCC2)[C@H](C(N)=O)C(=O)N1. The Bertz CT molecular complexity index is 776. The van der Waals surface area contributed by atoms with Gasteiger partial charge in [-0.05, 0) is 38.3 Å². The highest BCUT2D eigenvalue weighted by Gasteiger charge is 2.55. The molecule has 1 heterocycles. The monoisotopic (exact) mass is 341 g/mol. The summed E-state index contributed by atoms with van der Waals surface area (Å²) >= 11 is 0. The number of nitrogens with two attached hydrogens (primary N) is 1. The van der Waals surface area contributed by atoms with Crippen LogP contribution in [0.5, 0.6) is 0 Å². The smallest absolute Gasteiger partial charge is 0.253 e. The third kappa shape index (κ3) is 2.81. The van der Waals surface area contributed by atoms with Crippen molar-refractivity contribution in [2.45, 2.75) is 39.5 Å². The van der Waals surface area contributed by atoms with E-state index < -0.39 is 23.1 Å². The molecule has 25 heavy (non-hydrogen) atoms. The number of para-hydroxylation sites is 1. The van der Waals surface area contributed by atoms with Gasteiger partial charge in [-0.2, -0.15) is 0 Å². The van der Waals surface area contributed by atoms with E-state index in [0.29, 0.717) is 29.8 Å². The van der Waals surface area contributed by atoms with Crippen molar-refractivity contribution >= 4 is 23.4 Å². The van der Waals surface area contributed by atoms with Crippen LogP contribution >= 0.6 is 0 Å². The van der Waals surface area contributed by atoms with Gasteiger partial charge in [0.1, 0.15) is 5.92 Å². The van der Waals surface area contributed by atoms with Gasteiger partial charge in [0.2, 0.25) is 11.8 Å². The van der Waals surface area contributed by atoms with Gasteiger partial charge in [-0.3, -0.25) is 14.4 Å². The summed E-state index contributed by atoms with van der Waals surface area (Å²) < 4.78 is 0. The van der Waals surface area contributed by atoms with Crippen molar-refractivity contribution in [1.82, 2.24) is 5.32 Å². The van der Waals surface area contributed by atoms with Crippen LogP contribution in [0.2, 0.25) is 0 Å². The molecule has 3 rings (SSSR count). The summed E-state index contributed by atoms with van der Waals surface area (Å²) in [7, 11) is 0. The Morgan fingerprint density at radius 1 is 1.20 bits per heavy atom. The minimum Gasteiger partial charge on any atom is -0.369 e. The van der Waals surface area contributed by atoms with Crippen molar-refractivity contribution in [1.29, 1.82) is 0 Å². The number of primary amides is 1. The second-order valence-electron chi connectivity index (χ2n) is 6.96. The van der Waals surface area contributed by atoms with E-state index in [-0.39, 0.29) is 5.91 Å². The number of amides is 3. The molecule has 0 bridgehead atoms. The first-order chi connectivity index (χ1) is 11.9. The molecule has 1 aromatic carbocycles. The third-order valence-electron chi connectivity index (χ3n) is 5.40. The first kappa shape index (κ1) is 17.2. The molecule has 1 aliphatic carbocycles. The number of carbonyl (C=O) groups excluding carboxylic acids is 3. The summed E-state index contributed by atoms with van der Waals surface area (Å²) in [6.45, 7) is 3.62. The predicted octanol–water partition coefficient (Wildman–Crippen LogP) is 2.00. The Kier molecular flexibility index (Phi) is 4.37. The fourth-order valence-electron chi connectivity index (χ4n) is 4.33. The number of nitrogens with one attached hydrogen (secondary N) is 2. The maximum atomic E-state index is 13.1. The van der Waals surface area contributed by atoms with Crippen LogP contribution in [-0.4, -0.2) is 17.7 Å². The summed E-state index contributed by atoms with van der Waals surface area (Å²) in [5.74, 6) is -2.36.